The van der Waals surface area contributed by atoms with Crippen LogP contribution in [0, 0.1) is 5.41 Å². The van der Waals surface area contributed by atoms with Crippen molar-refractivity contribution in [2.24, 2.45) is 5.41 Å². The van der Waals surface area contributed by atoms with E-state index in [4.69, 9.17) is 9.47 Å². The van der Waals surface area contributed by atoms with Gasteiger partial charge in [-0.2, -0.15) is 0 Å². The average molecular weight is 250 g/mol. The average Bonchev–Trinajstić information content (AvgIpc) is 2.39. The molecule has 1 aromatic rings. The van der Waals surface area contributed by atoms with Gasteiger partial charge >= 0.3 is 5.97 Å². The van der Waals surface area contributed by atoms with Gasteiger partial charge in [0.2, 0.25) is 0 Å². The van der Waals surface area contributed by atoms with Gasteiger partial charge in [-0.05, 0) is 32.4 Å². The van der Waals surface area contributed by atoms with E-state index in [0.29, 0.717) is 19.6 Å². The number of esters is 1. The molecule has 0 spiro atoms. The van der Waals surface area contributed by atoms with Crippen LogP contribution in [0.1, 0.15) is 33.6 Å². The van der Waals surface area contributed by atoms with Crippen LogP contribution in [-0.2, 0) is 9.53 Å². The molecular formula is C15H22O3. The number of carbonyl (C=O) groups is 1. The van der Waals surface area contributed by atoms with Crippen molar-refractivity contribution in [1.29, 1.82) is 0 Å². The Morgan fingerprint density at radius 1 is 1.17 bits per heavy atom. The molecule has 100 valence electrons. The minimum atomic E-state index is -0.389. The quantitative estimate of drug-likeness (QED) is 0.549. The van der Waals surface area contributed by atoms with Crippen LogP contribution < -0.4 is 4.74 Å². The molecule has 3 heteroatoms. The molecule has 0 aliphatic carbocycles. The summed E-state index contributed by atoms with van der Waals surface area (Å²) >= 11 is 0. The van der Waals surface area contributed by atoms with Gasteiger partial charge in [-0.1, -0.05) is 25.1 Å². The molecule has 3 nitrogen and oxygen atoms in total. The normalized spacial score (nSPS) is 11.1. The Morgan fingerprint density at radius 2 is 1.83 bits per heavy atom. The number of ether oxygens (including phenoxy) is 2. The third kappa shape index (κ3) is 4.78. The van der Waals surface area contributed by atoms with Crippen LogP contribution in [0.25, 0.3) is 0 Å². The number of benzene rings is 1. The SMILES string of the molecule is CCC(C)(C)C(=O)OCCCOc1ccccc1. The van der Waals surface area contributed by atoms with Gasteiger partial charge in [0.05, 0.1) is 18.6 Å². The molecule has 1 aromatic carbocycles. The van der Waals surface area contributed by atoms with Crippen molar-refractivity contribution in [2.75, 3.05) is 13.2 Å². The molecule has 0 radical (unpaired) electrons. The maximum absolute atomic E-state index is 11.7. The molecule has 0 unspecified atom stereocenters. The summed E-state index contributed by atoms with van der Waals surface area (Å²) in [4.78, 5) is 11.7. The zero-order chi connectivity index (χ0) is 13.4. The molecule has 18 heavy (non-hydrogen) atoms. The van der Waals surface area contributed by atoms with E-state index in [0.717, 1.165) is 12.2 Å². The summed E-state index contributed by atoms with van der Waals surface area (Å²) in [7, 11) is 0. The topological polar surface area (TPSA) is 35.5 Å². The fourth-order valence-electron chi connectivity index (χ4n) is 1.27. The van der Waals surface area contributed by atoms with Gasteiger partial charge in [0.25, 0.3) is 0 Å². The van der Waals surface area contributed by atoms with Crippen LogP contribution >= 0.6 is 0 Å². The van der Waals surface area contributed by atoms with E-state index >= 15 is 0 Å². The molecule has 0 atom stereocenters. The third-order valence-electron chi connectivity index (χ3n) is 2.97. The van der Waals surface area contributed by atoms with Gasteiger partial charge in [0, 0.05) is 6.42 Å². The molecular weight excluding hydrogens is 228 g/mol. The van der Waals surface area contributed by atoms with Crippen molar-refractivity contribution < 1.29 is 14.3 Å². The Hall–Kier alpha value is -1.51. The highest BCUT2D eigenvalue weighted by molar-refractivity contribution is 5.75. The summed E-state index contributed by atoms with van der Waals surface area (Å²) in [6, 6.07) is 9.62. The lowest BCUT2D eigenvalue weighted by atomic mass is 9.91. The number of hydrogen-bond acceptors (Lipinski definition) is 3. The standard InChI is InChI=1S/C15H22O3/c1-4-15(2,3)14(16)18-12-8-11-17-13-9-6-5-7-10-13/h5-7,9-10H,4,8,11-12H2,1-3H3. The second-order valence-corrected chi connectivity index (χ2v) is 4.89. The summed E-state index contributed by atoms with van der Waals surface area (Å²) in [5.41, 5.74) is -0.389. The number of rotatable bonds is 7. The van der Waals surface area contributed by atoms with Crippen molar-refractivity contribution in [3.8, 4) is 5.75 Å². The fraction of sp³-hybridized carbons (Fsp3) is 0.533. The van der Waals surface area contributed by atoms with Crippen molar-refractivity contribution in [1.82, 2.24) is 0 Å². The Labute approximate surface area is 109 Å². The van der Waals surface area contributed by atoms with Gasteiger partial charge in [-0.3, -0.25) is 4.79 Å². The summed E-state index contributed by atoms with van der Waals surface area (Å²) in [6.45, 7) is 6.75. The van der Waals surface area contributed by atoms with Crippen molar-refractivity contribution >= 4 is 5.97 Å². The summed E-state index contributed by atoms with van der Waals surface area (Å²) in [5, 5.41) is 0. The van der Waals surface area contributed by atoms with Gasteiger partial charge in [0.1, 0.15) is 5.75 Å². The molecule has 0 aliphatic rings. The van der Waals surface area contributed by atoms with Crippen LogP contribution in [0.5, 0.6) is 5.75 Å². The first-order valence-electron chi connectivity index (χ1n) is 6.41. The molecule has 0 heterocycles. The monoisotopic (exact) mass is 250 g/mol. The number of para-hydroxylation sites is 1. The van der Waals surface area contributed by atoms with Crippen LogP contribution in [0.4, 0.5) is 0 Å². The van der Waals surface area contributed by atoms with Gasteiger partial charge < -0.3 is 9.47 Å². The van der Waals surface area contributed by atoms with Crippen LogP contribution in [0.3, 0.4) is 0 Å². The van der Waals surface area contributed by atoms with Crippen LogP contribution in [0.2, 0.25) is 0 Å². The van der Waals surface area contributed by atoms with Gasteiger partial charge in [0.15, 0.2) is 0 Å². The molecule has 0 saturated carbocycles. The fourth-order valence-corrected chi connectivity index (χ4v) is 1.27. The van der Waals surface area contributed by atoms with E-state index < -0.39 is 0 Å². The smallest absolute Gasteiger partial charge is 0.311 e. The maximum Gasteiger partial charge on any atom is 0.311 e. The minimum absolute atomic E-state index is 0.135. The molecule has 0 aliphatic heterocycles. The largest absolute Gasteiger partial charge is 0.493 e. The van der Waals surface area contributed by atoms with Gasteiger partial charge in [-0.15, -0.1) is 0 Å². The molecule has 0 amide bonds. The zero-order valence-electron chi connectivity index (χ0n) is 11.4. The van der Waals surface area contributed by atoms with Crippen LogP contribution in [0.15, 0.2) is 30.3 Å². The first kappa shape index (κ1) is 14.6. The zero-order valence-corrected chi connectivity index (χ0v) is 11.4. The Kier molecular flexibility index (Phi) is 5.69. The first-order valence-corrected chi connectivity index (χ1v) is 6.41. The highest BCUT2D eigenvalue weighted by Gasteiger charge is 2.26. The van der Waals surface area contributed by atoms with E-state index in [1.165, 1.54) is 0 Å². The number of carbonyl (C=O) groups excluding carboxylic acids is 1. The highest BCUT2D eigenvalue weighted by atomic mass is 16.5. The van der Waals surface area contributed by atoms with Crippen molar-refractivity contribution in [3.05, 3.63) is 30.3 Å². The third-order valence-corrected chi connectivity index (χ3v) is 2.97. The highest BCUT2D eigenvalue weighted by Crippen LogP contribution is 2.21. The van der Waals surface area contributed by atoms with E-state index in [-0.39, 0.29) is 11.4 Å². The number of hydrogen-bond donors (Lipinski definition) is 0. The van der Waals surface area contributed by atoms with E-state index in [1.54, 1.807) is 0 Å². The summed E-state index contributed by atoms with van der Waals surface area (Å²) in [5.74, 6) is 0.711. The predicted octanol–water partition coefficient (Wildman–Crippen LogP) is 3.43. The molecule has 0 N–H and O–H groups in total. The molecule has 0 saturated heterocycles. The molecule has 0 fully saturated rings. The maximum atomic E-state index is 11.7. The minimum Gasteiger partial charge on any atom is -0.493 e. The van der Waals surface area contributed by atoms with Crippen molar-refractivity contribution in [3.63, 3.8) is 0 Å². The molecule has 0 bridgehead atoms. The summed E-state index contributed by atoms with van der Waals surface area (Å²) in [6.07, 6.45) is 1.49. The van der Waals surface area contributed by atoms with Gasteiger partial charge in [-0.25, -0.2) is 0 Å². The predicted molar refractivity (Wildman–Crippen MR) is 71.6 cm³/mol. The molecule has 0 aromatic heterocycles. The van der Waals surface area contributed by atoms with Crippen LogP contribution in [-0.4, -0.2) is 19.2 Å². The van der Waals surface area contributed by atoms with Crippen molar-refractivity contribution in [2.45, 2.75) is 33.6 Å². The van der Waals surface area contributed by atoms with E-state index in [1.807, 2.05) is 51.1 Å². The Balaban J connectivity index is 2.14. The lowest BCUT2D eigenvalue weighted by Gasteiger charge is -2.20. The lowest BCUT2D eigenvalue weighted by molar-refractivity contribution is -0.154. The first-order chi connectivity index (χ1) is 8.56. The van der Waals surface area contributed by atoms with E-state index in [9.17, 15) is 4.79 Å². The Morgan fingerprint density at radius 3 is 2.44 bits per heavy atom. The second-order valence-electron chi connectivity index (χ2n) is 4.89. The second kappa shape index (κ2) is 7.04. The molecule has 1 rings (SSSR count). The summed E-state index contributed by atoms with van der Waals surface area (Å²) < 4.78 is 10.7. The lowest BCUT2D eigenvalue weighted by Crippen LogP contribution is -2.26. The van der Waals surface area contributed by atoms with E-state index in [2.05, 4.69) is 0 Å². The Bertz CT molecular complexity index is 357.